The van der Waals surface area contributed by atoms with Crippen LogP contribution in [0.15, 0.2) is 0 Å². The number of quaternary nitrogens is 2. The lowest BCUT2D eigenvalue weighted by Gasteiger charge is -2.39. The van der Waals surface area contributed by atoms with Crippen molar-refractivity contribution in [2.45, 2.75) is 104 Å². The molecule has 2 N–H and O–H groups in total. The van der Waals surface area contributed by atoms with Crippen molar-refractivity contribution in [1.29, 1.82) is 0 Å². The van der Waals surface area contributed by atoms with E-state index in [1.54, 1.807) is 9.44 Å². The second-order valence-electron chi connectivity index (χ2n) is 15.8. The number of rotatable bonds is 28. The molecule has 0 rings (SSSR count). The zero-order valence-corrected chi connectivity index (χ0v) is 38.9. The third-order valence-electron chi connectivity index (χ3n) is 9.42. The Balaban J connectivity index is -0.0000205. The monoisotopic (exact) mass is 1220 g/mol. The van der Waals surface area contributed by atoms with Gasteiger partial charge in [0.1, 0.15) is 0 Å². The predicted molar refractivity (Wildman–Crippen MR) is 172 cm³/mol. The topological polar surface area (TPSA) is 92.3 Å². The van der Waals surface area contributed by atoms with E-state index in [-0.39, 0.29) is 88.4 Å². The number of alkyl halides is 26. The Morgan fingerprint density at radius 1 is 0.343 bits per heavy atom. The summed E-state index contributed by atoms with van der Waals surface area (Å²) in [4.78, 5) is 0. The Morgan fingerprint density at radius 3 is 0.776 bits per heavy atom. The molecule has 0 atom stereocenters. The summed E-state index contributed by atoms with van der Waals surface area (Å²) in [6.07, 6.45) is -21.3. The smallest absolute Gasteiger partial charge is 0.460 e. The molecule has 0 bridgehead atoms. The Morgan fingerprint density at radius 2 is 0.552 bits per heavy atom. The summed E-state index contributed by atoms with van der Waals surface area (Å²) in [5.74, 6) is -81.5. The number of hydrogen-bond acceptors (Lipinski definition) is 4. The second-order valence-corrected chi connectivity index (χ2v) is 19.6. The van der Waals surface area contributed by atoms with Crippen LogP contribution < -0.4 is 43.4 Å². The zero-order chi connectivity index (χ0) is 52.6. The van der Waals surface area contributed by atoms with Gasteiger partial charge in [-0.25, -0.2) is 26.3 Å². The summed E-state index contributed by atoms with van der Waals surface area (Å²) >= 11 is 0. The lowest BCUT2D eigenvalue weighted by atomic mass is 9.93. The molecule has 0 unspecified atom stereocenters. The van der Waals surface area contributed by atoms with Gasteiger partial charge in [0.15, 0.2) is 0 Å². The molecule has 0 heterocycles. The van der Waals surface area contributed by atoms with Gasteiger partial charge in [-0.2, -0.15) is 114 Å². The third kappa shape index (κ3) is 15.4. The lowest BCUT2D eigenvalue weighted by molar-refractivity contribution is -0.909. The molecular formula is C29H40Br2F26N4O4S2. The molecule has 38 heteroatoms. The summed E-state index contributed by atoms with van der Waals surface area (Å²) in [5.41, 5.74) is 0. The number of nitrogens with one attached hydrogen (secondary N) is 2. The molecular weight excluding hydrogens is 1190 g/mol. The van der Waals surface area contributed by atoms with Crippen molar-refractivity contribution in [2.24, 2.45) is 0 Å². The summed E-state index contributed by atoms with van der Waals surface area (Å²) < 4.78 is 396. The molecule has 0 aromatic rings. The minimum atomic E-state index is -8.16. The summed E-state index contributed by atoms with van der Waals surface area (Å²) in [6.45, 7) is -0.867. The van der Waals surface area contributed by atoms with E-state index in [1.165, 1.54) is 28.2 Å². The molecule has 8 nitrogen and oxygen atoms in total. The van der Waals surface area contributed by atoms with Gasteiger partial charge in [-0.3, -0.25) is 0 Å². The Hall–Kier alpha value is -1.12. The molecule has 0 saturated carbocycles. The van der Waals surface area contributed by atoms with Crippen LogP contribution in [0.2, 0.25) is 0 Å². The molecule has 0 amide bonds. The van der Waals surface area contributed by atoms with Crippen LogP contribution in [0, 0.1) is 0 Å². The fourth-order valence-electron chi connectivity index (χ4n) is 5.21. The van der Waals surface area contributed by atoms with E-state index >= 15 is 0 Å². The molecule has 0 saturated heterocycles. The maximum absolute atomic E-state index is 14.0. The van der Waals surface area contributed by atoms with Crippen LogP contribution in [-0.4, -0.2) is 176 Å². The summed E-state index contributed by atoms with van der Waals surface area (Å²) in [6, 6.07) is 0. The largest absolute Gasteiger partial charge is 1.00 e. The number of hydrogen-bond donors (Lipinski definition) is 2. The van der Waals surface area contributed by atoms with E-state index in [1.807, 2.05) is 0 Å². The van der Waals surface area contributed by atoms with Crippen LogP contribution >= 0.6 is 0 Å². The maximum Gasteiger partial charge on any atom is 0.460 e. The molecule has 0 aliphatic carbocycles. The number of sulfonamides is 2. The van der Waals surface area contributed by atoms with Crippen molar-refractivity contribution >= 4 is 20.0 Å². The highest BCUT2D eigenvalue weighted by Crippen LogP contribution is 2.62. The van der Waals surface area contributed by atoms with Crippen molar-refractivity contribution in [3.8, 4) is 0 Å². The van der Waals surface area contributed by atoms with Crippen molar-refractivity contribution in [3.63, 3.8) is 0 Å². The Kier molecular flexibility index (Phi) is 23.0. The van der Waals surface area contributed by atoms with E-state index in [0.717, 1.165) is 0 Å². The molecule has 0 aromatic carbocycles. The van der Waals surface area contributed by atoms with E-state index in [9.17, 15) is 131 Å². The number of nitrogens with zero attached hydrogens (tertiary/aromatic N) is 2. The van der Waals surface area contributed by atoms with E-state index < -0.39 is 129 Å². The molecule has 0 aliphatic rings. The lowest BCUT2D eigenvalue weighted by Crippen LogP contribution is -3.00. The van der Waals surface area contributed by atoms with Gasteiger partial charge in [0.2, 0.25) is 20.0 Å². The van der Waals surface area contributed by atoms with Gasteiger partial charge in [-0.05, 0) is 0 Å². The normalized spacial score (nSPS) is 15.6. The second kappa shape index (κ2) is 21.9. The average Bonchev–Trinajstić information content (AvgIpc) is 3.08. The minimum absolute atomic E-state index is 0. The SMILES string of the molecule is C[N+](C)(CCCNS(=O)(=O)CCC(F)(F)C(F)(F)C(F)(F)C(F)(F)C(F)(F)C(F)(F)F)CCC[N+](C)(C)CCCNS(=O)(=O)CCC(F)(F)C(F)(F)C(F)(F)C(F)(F)C(F)(F)C(F)(F)F.[Br-].[Br-]. The van der Waals surface area contributed by atoms with E-state index in [2.05, 4.69) is 0 Å². The molecule has 67 heavy (non-hydrogen) atoms. The predicted octanol–water partition coefficient (Wildman–Crippen LogP) is 2.41. The summed E-state index contributed by atoms with van der Waals surface area (Å²) in [7, 11) is -4.18. The van der Waals surface area contributed by atoms with Crippen molar-refractivity contribution in [3.05, 3.63) is 0 Å². The third-order valence-corrected chi connectivity index (χ3v) is 12.2. The van der Waals surface area contributed by atoms with Crippen molar-refractivity contribution < 1.29 is 174 Å². The first-order valence-electron chi connectivity index (χ1n) is 17.5. The van der Waals surface area contributed by atoms with Gasteiger partial charge in [0.25, 0.3) is 0 Å². The maximum atomic E-state index is 14.0. The molecule has 408 valence electrons. The first-order valence-corrected chi connectivity index (χ1v) is 20.8. The van der Waals surface area contributed by atoms with Gasteiger partial charge in [-0.15, -0.1) is 0 Å². The van der Waals surface area contributed by atoms with Crippen molar-refractivity contribution in [1.82, 2.24) is 9.44 Å². The van der Waals surface area contributed by atoms with Gasteiger partial charge in [0, 0.05) is 45.2 Å². The first kappa shape index (κ1) is 70.1. The van der Waals surface area contributed by atoms with E-state index in [0.29, 0.717) is 0 Å². The van der Waals surface area contributed by atoms with Crippen molar-refractivity contribution in [2.75, 3.05) is 79.0 Å². The fourth-order valence-corrected chi connectivity index (χ4v) is 7.46. The first-order chi connectivity index (χ1) is 28.0. The highest BCUT2D eigenvalue weighted by Gasteiger charge is 2.92. The summed E-state index contributed by atoms with van der Waals surface area (Å²) in [5, 5.41) is 0. The highest BCUT2D eigenvalue weighted by molar-refractivity contribution is 7.89. The molecule has 0 aromatic heterocycles. The van der Waals surface area contributed by atoms with Gasteiger partial charge in [0.05, 0.1) is 65.9 Å². The minimum Gasteiger partial charge on any atom is -1.00 e. The van der Waals surface area contributed by atoms with Crippen LogP contribution in [0.25, 0.3) is 0 Å². The molecule has 0 fully saturated rings. The Bertz CT molecular complexity index is 1690. The molecule has 0 radical (unpaired) electrons. The van der Waals surface area contributed by atoms with Gasteiger partial charge in [-0.1, -0.05) is 0 Å². The van der Waals surface area contributed by atoms with Gasteiger partial charge >= 0.3 is 71.6 Å². The van der Waals surface area contributed by atoms with Crippen LogP contribution in [0.1, 0.15) is 32.1 Å². The highest BCUT2D eigenvalue weighted by atomic mass is 79.9. The average molecular weight is 1230 g/mol. The van der Waals surface area contributed by atoms with E-state index in [4.69, 9.17) is 0 Å². The number of halogens is 28. The standard InChI is InChI=1S/C29H40F26N4O4S2.2BrH/c1-58(2,12-5-10-56-64(60,61)16-8-18(30,31)20(34,35)22(38,39)24(42,43)26(46,47)28(50,51)52)14-7-15-59(3,4)13-6-11-57-65(62,63)17-9-19(32,33)21(36,37)23(40,41)25(44,45)27(48,49)29(53,54)55;;/h56-57H,5-17H2,1-4H3;2*1H/q+2;;/p-2. The van der Waals surface area contributed by atoms with Crippen LogP contribution in [0.5, 0.6) is 0 Å². The van der Waals surface area contributed by atoms with Crippen LogP contribution in [-0.2, 0) is 20.0 Å². The van der Waals surface area contributed by atoms with Crippen LogP contribution in [0.3, 0.4) is 0 Å². The molecule has 0 aliphatic heterocycles. The Labute approximate surface area is 385 Å². The van der Waals surface area contributed by atoms with Gasteiger partial charge < -0.3 is 42.9 Å². The van der Waals surface area contributed by atoms with Crippen LogP contribution in [0.4, 0.5) is 114 Å². The molecule has 0 spiro atoms. The zero-order valence-electron chi connectivity index (χ0n) is 34.1. The quantitative estimate of drug-likeness (QED) is 0.0717. The fraction of sp³-hybridized carbons (Fsp3) is 1.00.